The average Bonchev–Trinajstić information content (AvgIpc) is 3.25. The summed E-state index contributed by atoms with van der Waals surface area (Å²) in [6.45, 7) is 1.68. The minimum absolute atomic E-state index is 0.0851. The van der Waals surface area contributed by atoms with Gasteiger partial charge in [-0.1, -0.05) is 19.1 Å². The molecule has 0 atom stereocenters. The summed E-state index contributed by atoms with van der Waals surface area (Å²) in [7, 11) is 0. The van der Waals surface area contributed by atoms with Gasteiger partial charge in [0.2, 0.25) is 0 Å². The molecule has 11 heteroatoms. The number of imide groups is 1. The molecule has 1 saturated heterocycles. The van der Waals surface area contributed by atoms with Gasteiger partial charge in [0.15, 0.2) is 0 Å². The Hall–Kier alpha value is -4.54. The van der Waals surface area contributed by atoms with Crippen LogP contribution in [0.4, 0.5) is 14.9 Å². The topological polar surface area (TPSA) is 130 Å². The van der Waals surface area contributed by atoms with Gasteiger partial charge in [-0.25, -0.2) is 13.9 Å². The van der Waals surface area contributed by atoms with Crippen molar-refractivity contribution >= 4 is 23.7 Å². The minimum Gasteiger partial charge on any atom is -0.303 e. The van der Waals surface area contributed by atoms with Crippen LogP contribution in [0.1, 0.15) is 23.7 Å². The van der Waals surface area contributed by atoms with Crippen LogP contribution in [0.15, 0.2) is 59.0 Å². The Labute approximate surface area is 186 Å². The number of hydrogen-bond donors (Lipinski definition) is 2. The van der Waals surface area contributed by atoms with E-state index in [1.807, 2.05) is 0 Å². The normalized spacial score (nSPS) is 14.7. The summed E-state index contributed by atoms with van der Waals surface area (Å²) >= 11 is 0. The summed E-state index contributed by atoms with van der Waals surface area (Å²) in [5.74, 6) is -1.13. The third-order valence-corrected chi connectivity index (χ3v) is 5.16. The number of nitrogens with one attached hydrogen (secondary N) is 2. The number of carbonyl (C=O) groups is 2. The first-order valence-corrected chi connectivity index (χ1v) is 9.96. The fourth-order valence-corrected chi connectivity index (χ4v) is 3.50. The lowest BCUT2D eigenvalue weighted by atomic mass is 10.1. The predicted octanol–water partition coefficient (Wildman–Crippen LogP) is 2.87. The first-order chi connectivity index (χ1) is 15.8. The van der Waals surface area contributed by atoms with E-state index < -0.39 is 28.2 Å². The third-order valence-electron chi connectivity index (χ3n) is 5.16. The van der Waals surface area contributed by atoms with E-state index in [-0.39, 0.29) is 23.5 Å². The molecule has 3 aromatic rings. The standard InChI is InChI=1S/C22H18FN5O5/c1-2-18-17(20(29)27(25-18)15-6-8-16(9-7-15)28(32)33)11-19-21(30)26(22(31)24-19)12-13-4-3-5-14(23)10-13/h3-11,25H,2,12H2,1H3,(H,24,31). The zero-order valence-electron chi connectivity index (χ0n) is 17.4. The first-order valence-electron chi connectivity index (χ1n) is 9.96. The van der Waals surface area contributed by atoms with Crippen molar-refractivity contribution < 1.29 is 18.9 Å². The molecule has 1 aromatic heterocycles. The number of hydrogen-bond acceptors (Lipinski definition) is 5. The van der Waals surface area contributed by atoms with Crippen LogP contribution in [0.2, 0.25) is 0 Å². The number of nitro groups is 1. The number of urea groups is 1. The van der Waals surface area contributed by atoms with Crippen molar-refractivity contribution in [2.45, 2.75) is 19.9 Å². The Morgan fingerprint density at radius 2 is 1.85 bits per heavy atom. The first kappa shape index (κ1) is 21.7. The van der Waals surface area contributed by atoms with Crippen molar-refractivity contribution in [1.82, 2.24) is 20.0 Å². The van der Waals surface area contributed by atoms with Gasteiger partial charge in [-0.15, -0.1) is 0 Å². The van der Waals surface area contributed by atoms with Crippen molar-refractivity contribution in [3.8, 4) is 5.69 Å². The van der Waals surface area contributed by atoms with Crippen LogP contribution < -0.4 is 10.9 Å². The van der Waals surface area contributed by atoms with Crippen molar-refractivity contribution in [2.75, 3.05) is 0 Å². The summed E-state index contributed by atoms with van der Waals surface area (Å²) in [5.41, 5.74) is 0.810. The molecule has 0 radical (unpaired) electrons. The zero-order chi connectivity index (χ0) is 23.7. The summed E-state index contributed by atoms with van der Waals surface area (Å²) in [6.07, 6.45) is 1.72. The van der Waals surface area contributed by atoms with Gasteiger partial charge < -0.3 is 5.32 Å². The second kappa shape index (κ2) is 8.54. The number of aromatic amines is 1. The van der Waals surface area contributed by atoms with Crippen LogP contribution in [-0.2, 0) is 17.8 Å². The van der Waals surface area contributed by atoms with Crippen molar-refractivity contribution in [1.29, 1.82) is 0 Å². The van der Waals surface area contributed by atoms with Gasteiger partial charge in [-0.2, -0.15) is 0 Å². The molecule has 0 unspecified atom stereocenters. The Kier molecular flexibility index (Phi) is 5.61. The van der Waals surface area contributed by atoms with E-state index in [0.717, 1.165) is 4.90 Å². The summed E-state index contributed by atoms with van der Waals surface area (Å²) in [6, 6.07) is 10.3. The van der Waals surface area contributed by atoms with E-state index in [1.165, 1.54) is 53.2 Å². The van der Waals surface area contributed by atoms with Crippen LogP contribution in [0.3, 0.4) is 0 Å². The number of nitrogens with zero attached hydrogens (tertiary/aromatic N) is 3. The second-order valence-electron chi connectivity index (χ2n) is 7.28. The lowest BCUT2D eigenvalue weighted by Crippen LogP contribution is -2.30. The number of carbonyl (C=O) groups excluding carboxylic acids is 2. The highest BCUT2D eigenvalue weighted by atomic mass is 19.1. The van der Waals surface area contributed by atoms with Crippen molar-refractivity contribution in [2.24, 2.45) is 0 Å². The van der Waals surface area contributed by atoms with Crippen molar-refractivity contribution in [3.05, 3.63) is 97.3 Å². The Morgan fingerprint density at radius 3 is 2.48 bits per heavy atom. The number of H-pyrrole nitrogens is 1. The van der Waals surface area contributed by atoms with E-state index in [4.69, 9.17) is 0 Å². The van der Waals surface area contributed by atoms with Gasteiger partial charge in [-0.05, 0) is 42.3 Å². The second-order valence-corrected chi connectivity index (χ2v) is 7.28. The number of halogens is 1. The lowest BCUT2D eigenvalue weighted by Gasteiger charge is -2.11. The zero-order valence-corrected chi connectivity index (χ0v) is 17.4. The summed E-state index contributed by atoms with van der Waals surface area (Å²) in [5, 5.41) is 16.2. The number of amides is 3. The highest BCUT2D eigenvalue weighted by Gasteiger charge is 2.34. The van der Waals surface area contributed by atoms with E-state index >= 15 is 0 Å². The van der Waals surface area contributed by atoms with Gasteiger partial charge in [0.05, 0.1) is 22.7 Å². The fourth-order valence-electron chi connectivity index (χ4n) is 3.50. The highest BCUT2D eigenvalue weighted by molar-refractivity contribution is 6.13. The quantitative estimate of drug-likeness (QED) is 0.258. The number of aryl methyl sites for hydroxylation is 1. The fraction of sp³-hybridized carbons (Fsp3) is 0.136. The smallest absolute Gasteiger partial charge is 0.303 e. The third kappa shape index (κ3) is 4.15. The van der Waals surface area contributed by atoms with Gasteiger partial charge in [0, 0.05) is 17.8 Å². The van der Waals surface area contributed by atoms with Crippen LogP contribution in [0.25, 0.3) is 11.8 Å². The molecule has 3 amide bonds. The van der Waals surface area contributed by atoms with Crippen LogP contribution >= 0.6 is 0 Å². The number of benzene rings is 2. The molecule has 0 spiro atoms. The molecule has 2 N–H and O–H groups in total. The Morgan fingerprint density at radius 1 is 1.12 bits per heavy atom. The molecule has 1 fully saturated rings. The van der Waals surface area contributed by atoms with Gasteiger partial charge in [0.1, 0.15) is 11.5 Å². The maximum absolute atomic E-state index is 13.4. The molecule has 0 aliphatic carbocycles. The van der Waals surface area contributed by atoms with Gasteiger partial charge >= 0.3 is 6.03 Å². The molecular formula is C22H18FN5O5. The van der Waals surface area contributed by atoms with Gasteiger partial charge in [-0.3, -0.25) is 29.7 Å². The van der Waals surface area contributed by atoms with E-state index in [0.29, 0.717) is 23.4 Å². The number of non-ortho nitro benzene ring substituents is 1. The van der Waals surface area contributed by atoms with Gasteiger partial charge in [0.25, 0.3) is 17.2 Å². The number of rotatable bonds is 6. The van der Waals surface area contributed by atoms with E-state index in [9.17, 15) is 28.9 Å². The summed E-state index contributed by atoms with van der Waals surface area (Å²) in [4.78, 5) is 49.4. The molecule has 168 valence electrons. The van der Waals surface area contributed by atoms with Crippen LogP contribution in [0, 0.1) is 15.9 Å². The number of nitro benzene ring substituents is 1. The Balaban J connectivity index is 1.66. The molecule has 10 nitrogen and oxygen atoms in total. The van der Waals surface area contributed by atoms with Crippen LogP contribution in [-0.4, -0.2) is 31.5 Å². The molecular weight excluding hydrogens is 433 g/mol. The molecule has 1 aliphatic rings. The van der Waals surface area contributed by atoms with E-state index in [1.54, 1.807) is 13.0 Å². The monoisotopic (exact) mass is 451 g/mol. The molecule has 2 heterocycles. The SMILES string of the molecule is CCc1[nH]n(-c2ccc([N+](=O)[O-])cc2)c(=O)c1C=C1NC(=O)N(Cc2cccc(F)c2)C1=O. The largest absolute Gasteiger partial charge is 0.329 e. The molecule has 33 heavy (non-hydrogen) atoms. The lowest BCUT2D eigenvalue weighted by molar-refractivity contribution is -0.384. The summed E-state index contributed by atoms with van der Waals surface area (Å²) < 4.78 is 14.7. The average molecular weight is 451 g/mol. The minimum atomic E-state index is -0.681. The molecule has 0 bridgehead atoms. The molecule has 4 rings (SSSR count). The maximum atomic E-state index is 13.4. The maximum Gasteiger partial charge on any atom is 0.329 e. The molecule has 2 aromatic carbocycles. The molecule has 0 saturated carbocycles. The highest BCUT2D eigenvalue weighted by Crippen LogP contribution is 2.19. The Bertz CT molecular complexity index is 1360. The van der Waals surface area contributed by atoms with Crippen LogP contribution in [0.5, 0.6) is 0 Å². The van der Waals surface area contributed by atoms with E-state index in [2.05, 4.69) is 10.4 Å². The van der Waals surface area contributed by atoms with Crippen molar-refractivity contribution in [3.63, 3.8) is 0 Å². The number of aromatic nitrogens is 2. The molecule has 1 aliphatic heterocycles. The predicted molar refractivity (Wildman–Crippen MR) is 116 cm³/mol.